The number of amides is 2. The molecule has 1 N–H and O–H groups in total. The molecule has 2 amide bonds. The highest BCUT2D eigenvalue weighted by atomic mass is 16.3. The normalized spacial score (nSPS) is 11.5. The first kappa shape index (κ1) is 25.5. The van der Waals surface area contributed by atoms with Crippen molar-refractivity contribution in [3.63, 3.8) is 0 Å². The number of carbonyl (C=O) groups is 2. The monoisotopic (exact) mass is 441 g/mol. The zero-order valence-electron chi connectivity index (χ0n) is 20.7. The molecule has 0 saturated carbocycles. The number of hydrogen-bond acceptors (Lipinski definition) is 4. The molecule has 2 rings (SSSR count). The molecule has 6 heteroatoms. The standard InChI is InChI=1S/C26H39N3O3/c1-8-19(9-2)25(31)29(18-22-11-10-14-32-22)17-20-15-21(12-13-23(20)28(6)7)27-24(30)16-26(3,4)5/h10-15,19H,8-9,16-18H2,1-7H3,(H,27,30). The second kappa shape index (κ2) is 11.2. The largest absolute Gasteiger partial charge is 0.467 e. The summed E-state index contributed by atoms with van der Waals surface area (Å²) >= 11 is 0. The van der Waals surface area contributed by atoms with Gasteiger partial charge in [-0.1, -0.05) is 34.6 Å². The van der Waals surface area contributed by atoms with Crippen LogP contribution in [0.5, 0.6) is 0 Å². The van der Waals surface area contributed by atoms with E-state index >= 15 is 0 Å². The maximum Gasteiger partial charge on any atom is 0.226 e. The fraction of sp³-hybridized carbons (Fsp3) is 0.538. The van der Waals surface area contributed by atoms with Crippen molar-refractivity contribution in [1.29, 1.82) is 0 Å². The second-order valence-corrected chi connectivity index (χ2v) is 9.81. The van der Waals surface area contributed by atoms with E-state index in [1.165, 1.54) is 0 Å². The number of furan rings is 1. The Morgan fingerprint density at radius 1 is 1.06 bits per heavy atom. The lowest BCUT2D eigenvalue weighted by molar-refractivity contribution is -0.137. The summed E-state index contributed by atoms with van der Waals surface area (Å²) in [6.45, 7) is 11.1. The van der Waals surface area contributed by atoms with Gasteiger partial charge in [0.15, 0.2) is 0 Å². The van der Waals surface area contributed by atoms with Crippen molar-refractivity contribution < 1.29 is 14.0 Å². The molecule has 32 heavy (non-hydrogen) atoms. The summed E-state index contributed by atoms with van der Waals surface area (Å²) in [5, 5.41) is 3.02. The van der Waals surface area contributed by atoms with Gasteiger partial charge >= 0.3 is 0 Å². The summed E-state index contributed by atoms with van der Waals surface area (Å²) in [5.74, 6) is 0.840. The molecule has 176 valence electrons. The molecule has 0 atom stereocenters. The molecule has 0 bridgehead atoms. The minimum absolute atomic E-state index is 0.0124. The summed E-state index contributed by atoms with van der Waals surface area (Å²) in [7, 11) is 3.96. The van der Waals surface area contributed by atoms with E-state index < -0.39 is 0 Å². The first-order chi connectivity index (χ1) is 15.0. The van der Waals surface area contributed by atoms with E-state index in [9.17, 15) is 9.59 Å². The third kappa shape index (κ3) is 7.43. The quantitative estimate of drug-likeness (QED) is 0.515. The lowest BCUT2D eigenvalue weighted by atomic mass is 9.92. The van der Waals surface area contributed by atoms with Crippen LogP contribution in [0.4, 0.5) is 11.4 Å². The average molecular weight is 442 g/mol. The molecule has 0 radical (unpaired) electrons. The highest BCUT2D eigenvalue weighted by Gasteiger charge is 2.24. The highest BCUT2D eigenvalue weighted by Crippen LogP contribution is 2.27. The summed E-state index contributed by atoms with van der Waals surface area (Å²) in [6.07, 6.45) is 3.67. The van der Waals surface area contributed by atoms with E-state index in [2.05, 4.69) is 5.32 Å². The molecule has 2 aromatic rings. The van der Waals surface area contributed by atoms with Gasteiger partial charge in [-0.15, -0.1) is 0 Å². The minimum atomic E-state index is -0.0853. The van der Waals surface area contributed by atoms with E-state index in [4.69, 9.17) is 4.42 Å². The zero-order valence-corrected chi connectivity index (χ0v) is 20.7. The van der Waals surface area contributed by atoms with Crippen LogP contribution in [0.2, 0.25) is 0 Å². The fourth-order valence-corrected chi connectivity index (χ4v) is 3.82. The molecular weight excluding hydrogens is 402 g/mol. The molecule has 1 heterocycles. The Hall–Kier alpha value is -2.76. The molecule has 0 unspecified atom stereocenters. The maximum atomic E-state index is 13.3. The van der Waals surface area contributed by atoms with Crippen molar-refractivity contribution in [3.8, 4) is 0 Å². The summed E-state index contributed by atoms with van der Waals surface area (Å²) < 4.78 is 5.54. The highest BCUT2D eigenvalue weighted by molar-refractivity contribution is 5.91. The summed E-state index contributed by atoms with van der Waals surface area (Å²) in [4.78, 5) is 29.7. The summed E-state index contributed by atoms with van der Waals surface area (Å²) in [5.41, 5.74) is 2.65. The number of anilines is 2. The van der Waals surface area contributed by atoms with Crippen LogP contribution in [0.3, 0.4) is 0 Å². The van der Waals surface area contributed by atoms with Gasteiger partial charge in [0.05, 0.1) is 12.8 Å². The van der Waals surface area contributed by atoms with Crippen LogP contribution in [-0.2, 0) is 22.7 Å². The fourth-order valence-electron chi connectivity index (χ4n) is 3.82. The molecular formula is C26H39N3O3. The van der Waals surface area contributed by atoms with Crippen molar-refractivity contribution in [2.24, 2.45) is 11.3 Å². The van der Waals surface area contributed by atoms with Gasteiger partial charge < -0.3 is 19.5 Å². The number of rotatable bonds is 10. The number of nitrogens with zero attached hydrogens (tertiary/aromatic N) is 2. The first-order valence-electron chi connectivity index (χ1n) is 11.4. The molecule has 0 aliphatic heterocycles. The van der Waals surface area contributed by atoms with Crippen molar-refractivity contribution in [3.05, 3.63) is 47.9 Å². The average Bonchev–Trinajstić information content (AvgIpc) is 3.20. The first-order valence-corrected chi connectivity index (χ1v) is 11.4. The van der Waals surface area contributed by atoms with E-state index in [1.807, 2.05) is 88.8 Å². The van der Waals surface area contributed by atoms with Crippen LogP contribution in [0.1, 0.15) is 65.2 Å². The van der Waals surface area contributed by atoms with Crippen molar-refractivity contribution >= 4 is 23.2 Å². The van der Waals surface area contributed by atoms with E-state index in [0.717, 1.165) is 35.5 Å². The second-order valence-electron chi connectivity index (χ2n) is 9.81. The number of carbonyl (C=O) groups excluding carboxylic acids is 2. The Labute approximate surface area is 193 Å². The smallest absolute Gasteiger partial charge is 0.226 e. The van der Waals surface area contributed by atoms with Gasteiger partial charge in [-0.2, -0.15) is 0 Å². The molecule has 1 aromatic heterocycles. The molecule has 0 saturated heterocycles. The minimum Gasteiger partial charge on any atom is -0.467 e. The van der Waals surface area contributed by atoms with E-state index in [-0.39, 0.29) is 23.1 Å². The Morgan fingerprint density at radius 3 is 2.28 bits per heavy atom. The molecule has 0 spiro atoms. The van der Waals surface area contributed by atoms with Gasteiger partial charge in [0.25, 0.3) is 0 Å². The van der Waals surface area contributed by atoms with Crippen molar-refractivity contribution in [2.75, 3.05) is 24.3 Å². The SMILES string of the molecule is CCC(CC)C(=O)N(Cc1ccco1)Cc1cc(NC(=O)CC(C)(C)C)ccc1N(C)C. The predicted molar refractivity (Wildman–Crippen MR) is 131 cm³/mol. The summed E-state index contributed by atoms with van der Waals surface area (Å²) in [6, 6.07) is 9.62. The van der Waals surface area contributed by atoms with E-state index in [1.54, 1.807) is 6.26 Å². The van der Waals surface area contributed by atoms with Crippen LogP contribution in [0.25, 0.3) is 0 Å². The number of nitrogens with one attached hydrogen (secondary N) is 1. The Bertz CT molecular complexity index is 878. The Morgan fingerprint density at radius 2 is 1.75 bits per heavy atom. The molecule has 0 aliphatic rings. The van der Waals surface area contributed by atoms with Gasteiger partial charge in [-0.25, -0.2) is 0 Å². The van der Waals surface area contributed by atoms with E-state index in [0.29, 0.717) is 19.5 Å². The third-order valence-corrected chi connectivity index (χ3v) is 5.47. The van der Waals surface area contributed by atoms with Crippen molar-refractivity contribution in [2.45, 2.75) is 67.0 Å². The van der Waals surface area contributed by atoms with Crippen molar-refractivity contribution in [1.82, 2.24) is 4.90 Å². The Kier molecular flexibility index (Phi) is 8.93. The molecule has 6 nitrogen and oxygen atoms in total. The lowest BCUT2D eigenvalue weighted by Crippen LogP contribution is -2.35. The van der Waals surface area contributed by atoms with Crippen LogP contribution < -0.4 is 10.2 Å². The third-order valence-electron chi connectivity index (χ3n) is 5.47. The topological polar surface area (TPSA) is 65.8 Å². The van der Waals surface area contributed by atoms with Crippen LogP contribution in [0, 0.1) is 11.3 Å². The Balaban J connectivity index is 2.34. The van der Waals surface area contributed by atoms with Gasteiger partial charge in [-0.05, 0) is 54.2 Å². The van der Waals surface area contributed by atoms with Crippen LogP contribution in [-0.4, -0.2) is 30.8 Å². The van der Waals surface area contributed by atoms with Gasteiger partial charge in [0.1, 0.15) is 5.76 Å². The number of benzene rings is 1. The van der Waals surface area contributed by atoms with Crippen LogP contribution >= 0.6 is 0 Å². The zero-order chi connectivity index (χ0) is 23.9. The van der Waals surface area contributed by atoms with Gasteiger partial charge in [0, 0.05) is 44.4 Å². The van der Waals surface area contributed by atoms with Gasteiger partial charge in [0.2, 0.25) is 11.8 Å². The van der Waals surface area contributed by atoms with Gasteiger partial charge in [-0.3, -0.25) is 9.59 Å². The predicted octanol–water partition coefficient (Wildman–Crippen LogP) is 5.69. The molecule has 0 fully saturated rings. The lowest BCUT2D eigenvalue weighted by Gasteiger charge is -2.28. The molecule has 0 aliphatic carbocycles. The molecule has 1 aromatic carbocycles. The maximum absolute atomic E-state index is 13.3. The van der Waals surface area contributed by atoms with Crippen LogP contribution in [0.15, 0.2) is 41.0 Å². The number of hydrogen-bond donors (Lipinski definition) is 1.